The number of aliphatic hydroxyl groups is 1. The SMILES string of the molecule is [B]c1cccc(S(=O)(=O)N(C)CC(O)CNC(C)(C)Cc2ccc(Cl)c(F)c2)c1. The minimum absolute atomic E-state index is 0.0688. The lowest BCUT2D eigenvalue weighted by Gasteiger charge is -2.29. The Kier molecular flexibility index (Phi) is 7.87. The van der Waals surface area contributed by atoms with Gasteiger partial charge in [-0.05, 0) is 50.1 Å². The summed E-state index contributed by atoms with van der Waals surface area (Å²) in [4.78, 5) is 0.0743. The van der Waals surface area contributed by atoms with Crippen LogP contribution < -0.4 is 10.8 Å². The van der Waals surface area contributed by atoms with Crippen molar-refractivity contribution in [2.24, 2.45) is 0 Å². The Morgan fingerprint density at radius 1 is 1.28 bits per heavy atom. The van der Waals surface area contributed by atoms with Gasteiger partial charge in [-0.15, -0.1) is 0 Å². The summed E-state index contributed by atoms with van der Waals surface area (Å²) >= 11 is 5.71. The zero-order valence-electron chi connectivity index (χ0n) is 16.7. The van der Waals surface area contributed by atoms with Crippen LogP contribution in [-0.2, 0) is 16.4 Å². The highest BCUT2D eigenvalue weighted by molar-refractivity contribution is 7.89. The van der Waals surface area contributed by atoms with Crippen molar-refractivity contribution in [1.82, 2.24) is 9.62 Å². The lowest BCUT2D eigenvalue weighted by molar-refractivity contribution is 0.139. The minimum Gasteiger partial charge on any atom is -0.390 e. The van der Waals surface area contributed by atoms with Crippen molar-refractivity contribution in [3.63, 3.8) is 0 Å². The summed E-state index contributed by atoms with van der Waals surface area (Å²) in [6.07, 6.45) is -0.428. The maximum absolute atomic E-state index is 13.6. The fourth-order valence-electron chi connectivity index (χ4n) is 2.93. The van der Waals surface area contributed by atoms with Crippen molar-refractivity contribution in [3.05, 3.63) is 58.9 Å². The molecule has 2 rings (SSSR count). The summed E-state index contributed by atoms with van der Waals surface area (Å²) in [5.74, 6) is -0.478. The van der Waals surface area contributed by atoms with Gasteiger partial charge in [0.05, 0.1) is 16.0 Å². The van der Waals surface area contributed by atoms with Gasteiger partial charge in [0.2, 0.25) is 10.0 Å². The van der Waals surface area contributed by atoms with Crippen LogP contribution in [0.2, 0.25) is 5.02 Å². The van der Waals surface area contributed by atoms with Crippen molar-refractivity contribution in [2.45, 2.75) is 36.8 Å². The Morgan fingerprint density at radius 2 is 1.97 bits per heavy atom. The highest BCUT2D eigenvalue weighted by Crippen LogP contribution is 2.19. The molecule has 0 amide bonds. The summed E-state index contributed by atoms with van der Waals surface area (Å²) in [6.45, 7) is 3.91. The van der Waals surface area contributed by atoms with Gasteiger partial charge >= 0.3 is 0 Å². The molecule has 0 fully saturated rings. The lowest BCUT2D eigenvalue weighted by atomic mass is 9.94. The maximum Gasteiger partial charge on any atom is 0.242 e. The highest BCUT2D eigenvalue weighted by atomic mass is 35.5. The smallest absolute Gasteiger partial charge is 0.242 e. The van der Waals surface area contributed by atoms with Gasteiger partial charge in [-0.25, -0.2) is 12.8 Å². The molecule has 0 aromatic heterocycles. The van der Waals surface area contributed by atoms with Gasteiger partial charge in [-0.2, -0.15) is 4.31 Å². The largest absolute Gasteiger partial charge is 0.390 e. The maximum atomic E-state index is 13.6. The lowest BCUT2D eigenvalue weighted by Crippen LogP contribution is -2.47. The Hall–Kier alpha value is -1.45. The molecule has 156 valence electrons. The normalized spacial score (nSPS) is 13.6. The van der Waals surface area contributed by atoms with Gasteiger partial charge in [0, 0.05) is 25.7 Å². The van der Waals surface area contributed by atoms with Crippen LogP contribution in [0, 0.1) is 5.82 Å². The zero-order chi connectivity index (χ0) is 21.8. The third-order valence-corrected chi connectivity index (χ3v) is 6.61. The van der Waals surface area contributed by atoms with Crippen LogP contribution in [0.25, 0.3) is 0 Å². The summed E-state index contributed by atoms with van der Waals surface area (Å²) < 4.78 is 39.9. The van der Waals surface area contributed by atoms with Crippen LogP contribution in [0.4, 0.5) is 4.39 Å². The predicted molar refractivity (Wildman–Crippen MR) is 115 cm³/mol. The zero-order valence-corrected chi connectivity index (χ0v) is 18.3. The number of hydrogen-bond acceptors (Lipinski definition) is 4. The second-order valence-electron chi connectivity index (χ2n) is 7.70. The monoisotopic (exact) mass is 438 g/mol. The van der Waals surface area contributed by atoms with Crippen LogP contribution in [0.3, 0.4) is 0 Å². The van der Waals surface area contributed by atoms with Crippen molar-refractivity contribution in [2.75, 3.05) is 20.1 Å². The summed E-state index contributed by atoms with van der Waals surface area (Å²) in [5.41, 5.74) is 0.661. The van der Waals surface area contributed by atoms with Gasteiger partial charge in [0.25, 0.3) is 0 Å². The topological polar surface area (TPSA) is 69.6 Å². The molecular weight excluding hydrogens is 414 g/mol. The van der Waals surface area contributed by atoms with E-state index in [9.17, 15) is 17.9 Å². The molecule has 0 saturated carbocycles. The summed E-state index contributed by atoms with van der Waals surface area (Å²) in [7, 11) is 3.31. The second-order valence-corrected chi connectivity index (χ2v) is 10.2. The van der Waals surface area contributed by atoms with E-state index in [-0.39, 0.29) is 23.0 Å². The fraction of sp³-hybridized carbons (Fsp3) is 0.400. The van der Waals surface area contributed by atoms with Crippen LogP contribution in [0.1, 0.15) is 19.4 Å². The summed E-state index contributed by atoms with van der Waals surface area (Å²) in [5, 5.41) is 13.6. The molecule has 0 bridgehead atoms. The second kappa shape index (κ2) is 9.58. The van der Waals surface area contributed by atoms with Gasteiger partial charge in [0.15, 0.2) is 0 Å². The molecule has 2 N–H and O–H groups in total. The van der Waals surface area contributed by atoms with Gasteiger partial charge in [-0.3, -0.25) is 0 Å². The molecule has 0 spiro atoms. The molecule has 0 saturated heterocycles. The molecule has 1 unspecified atom stereocenters. The molecule has 0 aliphatic carbocycles. The number of nitrogens with zero attached hydrogens (tertiary/aromatic N) is 1. The van der Waals surface area contributed by atoms with Crippen molar-refractivity contribution < 1.29 is 17.9 Å². The van der Waals surface area contributed by atoms with E-state index < -0.39 is 27.5 Å². The van der Waals surface area contributed by atoms with E-state index in [1.54, 1.807) is 18.2 Å². The molecule has 0 aliphatic rings. The molecule has 29 heavy (non-hydrogen) atoms. The van der Waals surface area contributed by atoms with Crippen LogP contribution in [-0.4, -0.2) is 57.5 Å². The first-order valence-electron chi connectivity index (χ1n) is 9.09. The van der Waals surface area contributed by atoms with Crippen LogP contribution in [0.5, 0.6) is 0 Å². The molecule has 2 aromatic carbocycles. The number of likely N-dealkylation sites (N-methyl/N-ethyl adjacent to an activating group) is 1. The first-order chi connectivity index (χ1) is 13.4. The average molecular weight is 439 g/mol. The molecule has 0 heterocycles. The molecular formula is C20H25BClFN2O3S. The van der Waals surface area contributed by atoms with E-state index in [1.165, 1.54) is 31.3 Å². The quantitative estimate of drug-likeness (QED) is 0.587. The number of sulfonamides is 1. The average Bonchev–Trinajstić information content (AvgIpc) is 2.63. The van der Waals surface area contributed by atoms with E-state index in [0.29, 0.717) is 11.9 Å². The fourth-order valence-corrected chi connectivity index (χ4v) is 4.31. The number of halogens is 2. The third-order valence-electron chi connectivity index (χ3n) is 4.48. The Morgan fingerprint density at radius 3 is 2.59 bits per heavy atom. The van der Waals surface area contributed by atoms with Crippen molar-refractivity contribution in [3.8, 4) is 0 Å². The molecule has 9 heteroatoms. The Bertz CT molecular complexity index is 956. The predicted octanol–water partition coefficient (Wildman–Crippen LogP) is 1.87. The van der Waals surface area contributed by atoms with Gasteiger partial charge in [-0.1, -0.05) is 35.3 Å². The van der Waals surface area contributed by atoms with E-state index >= 15 is 0 Å². The number of hydrogen-bond donors (Lipinski definition) is 2. The third kappa shape index (κ3) is 6.79. The van der Waals surface area contributed by atoms with Crippen molar-refractivity contribution in [1.29, 1.82) is 0 Å². The Balaban J connectivity index is 1.93. The summed E-state index contributed by atoms with van der Waals surface area (Å²) in [6, 6.07) is 10.6. The van der Waals surface area contributed by atoms with Gasteiger partial charge < -0.3 is 10.4 Å². The molecule has 2 radical (unpaired) electrons. The first-order valence-corrected chi connectivity index (χ1v) is 10.9. The standard InChI is InChI=1S/C20H25BClFN2O3S/c1-20(2,11-14-7-8-18(22)19(23)9-14)24-12-16(26)13-25(3)29(27,28)17-6-4-5-15(21)10-17/h4-10,16,24,26H,11-13H2,1-3H3. The number of nitrogens with one attached hydrogen (secondary N) is 1. The van der Waals surface area contributed by atoms with E-state index in [1.807, 2.05) is 13.8 Å². The van der Waals surface area contributed by atoms with Gasteiger partial charge in [0.1, 0.15) is 13.7 Å². The number of β-amino-alcohol motifs (C(OH)–C–C–N with tert-alkyl or cyclic N) is 1. The molecule has 0 aliphatic heterocycles. The molecule has 2 aromatic rings. The minimum atomic E-state index is -3.76. The number of benzene rings is 2. The van der Waals surface area contributed by atoms with Crippen LogP contribution in [0.15, 0.2) is 47.4 Å². The number of rotatable bonds is 9. The van der Waals surface area contributed by atoms with E-state index in [0.717, 1.165) is 9.87 Å². The molecule has 5 nitrogen and oxygen atoms in total. The van der Waals surface area contributed by atoms with E-state index in [4.69, 9.17) is 19.4 Å². The highest BCUT2D eigenvalue weighted by Gasteiger charge is 2.25. The Labute approximate surface area is 178 Å². The van der Waals surface area contributed by atoms with Crippen LogP contribution >= 0.6 is 11.6 Å². The van der Waals surface area contributed by atoms with E-state index in [2.05, 4.69) is 5.32 Å². The van der Waals surface area contributed by atoms with Crippen molar-refractivity contribution >= 4 is 34.9 Å². The molecule has 1 atom stereocenters. The number of aliphatic hydroxyl groups excluding tert-OH is 1. The first kappa shape index (κ1) is 23.8.